The highest BCUT2D eigenvalue weighted by atomic mass is 19.1. The Labute approximate surface area is 192 Å². The van der Waals surface area contributed by atoms with E-state index in [1.54, 1.807) is 12.1 Å². The zero-order valence-corrected chi connectivity index (χ0v) is 18.7. The van der Waals surface area contributed by atoms with Gasteiger partial charge < -0.3 is 19.9 Å². The van der Waals surface area contributed by atoms with Crippen LogP contribution < -0.4 is 19.9 Å². The molecule has 1 saturated heterocycles. The number of nitrogens with one attached hydrogen (secondary N) is 1. The number of piperazine rings is 1. The molecule has 7 heteroatoms. The first-order valence-electron chi connectivity index (χ1n) is 10.8. The maximum atomic E-state index is 13.0. The number of benzene rings is 3. The van der Waals surface area contributed by atoms with Crippen LogP contribution in [0.2, 0.25) is 0 Å². The molecule has 1 aliphatic heterocycles. The summed E-state index contributed by atoms with van der Waals surface area (Å²) < 4.78 is 18.2. The summed E-state index contributed by atoms with van der Waals surface area (Å²) in [6, 6.07) is 19.1. The number of ether oxygens (including phenoxy) is 1. The minimum Gasteiger partial charge on any atom is -0.426 e. The third-order valence-corrected chi connectivity index (χ3v) is 5.65. The van der Waals surface area contributed by atoms with Gasteiger partial charge in [-0.1, -0.05) is 0 Å². The van der Waals surface area contributed by atoms with Crippen molar-refractivity contribution in [2.45, 2.75) is 13.8 Å². The van der Waals surface area contributed by atoms with Crippen LogP contribution in [0.4, 0.5) is 21.5 Å². The Morgan fingerprint density at radius 1 is 0.848 bits per heavy atom. The molecule has 3 aromatic rings. The minimum absolute atomic E-state index is 0.231. The lowest BCUT2D eigenvalue weighted by Crippen LogP contribution is -2.46. The first-order chi connectivity index (χ1) is 15.9. The maximum absolute atomic E-state index is 13.0. The maximum Gasteiger partial charge on any atom is 0.308 e. The van der Waals surface area contributed by atoms with E-state index in [-0.39, 0.29) is 17.7 Å². The Balaban J connectivity index is 1.34. The fourth-order valence-corrected chi connectivity index (χ4v) is 3.88. The molecule has 0 spiro atoms. The molecule has 0 saturated carbocycles. The zero-order chi connectivity index (χ0) is 23.4. The van der Waals surface area contributed by atoms with Crippen LogP contribution in [0.15, 0.2) is 66.7 Å². The second-order valence-electron chi connectivity index (χ2n) is 8.03. The Morgan fingerprint density at radius 3 is 2.00 bits per heavy atom. The summed E-state index contributed by atoms with van der Waals surface area (Å²) in [7, 11) is 0. The fourth-order valence-electron chi connectivity index (χ4n) is 3.88. The molecule has 0 aliphatic carbocycles. The molecule has 3 aromatic carbocycles. The summed E-state index contributed by atoms with van der Waals surface area (Å²) in [5, 5.41) is 2.77. The van der Waals surface area contributed by atoms with E-state index < -0.39 is 0 Å². The molecule has 1 N–H and O–H groups in total. The van der Waals surface area contributed by atoms with E-state index in [9.17, 15) is 14.0 Å². The van der Waals surface area contributed by atoms with Gasteiger partial charge in [0.2, 0.25) is 0 Å². The van der Waals surface area contributed by atoms with Gasteiger partial charge in [0.15, 0.2) is 0 Å². The van der Waals surface area contributed by atoms with Crippen LogP contribution in [-0.4, -0.2) is 38.1 Å². The number of nitrogens with zero attached hydrogens (tertiary/aromatic N) is 2. The predicted octanol–water partition coefficient (Wildman–Crippen LogP) is 4.64. The van der Waals surface area contributed by atoms with Gasteiger partial charge >= 0.3 is 5.97 Å². The summed E-state index contributed by atoms with van der Waals surface area (Å²) >= 11 is 0. The van der Waals surface area contributed by atoms with Crippen molar-refractivity contribution >= 4 is 28.9 Å². The van der Waals surface area contributed by atoms with E-state index in [0.29, 0.717) is 17.0 Å². The molecule has 0 aromatic heterocycles. The molecule has 1 amide bonds. The lowest BCUT2D eigenvalue weighted by Gasteiger charge is -2.37. The van der Waals surface area contributed by atoms with Crippen LogP contribution in [0.25, 0.3) is 0 Å². The van der Waals surface area contributed by atoms with Crippen molar-refractivity contribution < 1.29 is 18.7 Å². The normalized spacial score (nSPS) is 13.5. The lowest BCUT2D eigenvalue weighted by molar-refractivity contribution is -0.131. The molecule has 0 bridgehead atoms. The van der Waals surface area contributed by atoms with Crippen molar-refractivity contribution in [3.8, 4) is 5.75 Å². The number of esters is 1. The van der Waals surface area contributed by atoms with E-state index in [0.717, 1.165) is 43.1 Å². The SMILES string of the molecule is CC(=O)Oc1ccc(N2CCN(c3ccc(C(=O)Nc4ccc(F)cc4)cc3)CC2)cc1C. The molecule has 33 heavy (non-hydrogen) atoms. The molecular formula is C26H26FN3O3. The van der Waals surface area contributed by atoms with Gasteiger partial charge in [0.25, 0.3) is 5.91 Å². The summed E-state index contributed by atoms with van der Waals surface area (Å²) in [4.78, 5) is 28.2. The number of halogens is 1. The van der Waals surface area contributed by atoms with Crippen LogP contribution in [0, 0.1) is 12.7 Å². The molecular weight excluding hydrogens is 421 g/mol. The predicted molar refractivity (Wildman–Crippen MR) is 128 cm³/mol. The summed E-state index contributed by atoms with van der Waals surface area (Å²) in [5.74, 6) is -0.302. The van der Waals surface area contributed by atoms with Crippen LogP contribution in [0.3, 0.4) is 0 Å². The number of hydrogen-bond donors (Lipinski definition) is 1. The van der Waals surface area contributed by atoms with Crippen molar-refractivity contribution in [1.29, 1.82) is 0 Å². The Kier molecular flexibility index (Phi) is 6.58. The molecule has 6 nitrogen and oxygen atoms in total. The average molecular weight is 448 g/mol. The molecule has 4 rings (SSSR count). The number of carbonyl (C=O) groups is 2. The molecule has 1 fully saturated rings. The molecule has 1 heterocycles. The van der Waals surface area contributed by atoms with Crippen molar-refractivity contribution in [2.75, 3.05) is 41.3 Å². The highest BCUT2D eigenvalue weighted by Gasteiger charge is 2.19. The van der Waals surface area contributed by atoms with Gasteiger partial charge in [-0.15, -0.1) is 0 Å². The first kappa shape index (κ1) is 22.3. The minimum atomic E-state index is -0.341. The van der Waals surface area contributed by atoms with Crippen molar-refractivity contribution in [2.24, 2.45) is 0 Å². The summed E-state index contributed by atoms with van der Waals surface area (Å²) in [5.41, 5.74) is 4.20. The summed E-state index contributed by atoms with van der Waals surface area (Å²) in [6.45, 7) is 6.76. The molecule has 0 radical (unpaired) electrons. The largest absolute Gasteiger partial charge is 0.426 e. The number of carbonyl (C=O) groups excluding carboxylic acids is 2. The van der Waals surface area contributed by atoms with Crippen molar-refractivity contribution in [1.82, 2.24) is 0 Å². The second kappa shape index (κ2) is 9.73. The lowest BCUT2D eigenvalue weighted by atomic mass is 10.1. The Morgan fingerprint density at radius 2 is 1.42 bits per heavy atom. The van der Waals surface area contributed by atoms with Gasteiger partial charge in [-0.25, -0.2) is 4.39 Å². The second-order valence-corrected chi connectivity index (χ2v) is 8.03. The smallest absolute Gasteiger partial charge is 0.308 e. The average Bonchev–Trinajstić information content (AvgIpc) is 2.82. The van der Waals surface area contributed by atoms with Gasteiger partial charge in [0, 0.05) is 55.7 Å². The van der Waals surface area contributed by atoms with E-state index >= 15 is 0 Å². The van der Waals surface area contributed by atoms with Gasteiger partial charge in [-0.2, -0.15) is 0 Å². The van der Waals surface area contributed by atoms with Crippen molar-refractivity contribution in [3.63, 3.8) is 0 Å². The number of amides is 1. The number of rotatable bonds is 5. The standard InChI is InChI=1S/C26H26FN3O3/c1-18-17-24(11-12-25(18)33-19(2)31)30-15-13-29(14-16-30)23-9-3-20(4-10-23)26(32)28-22-7-5-21(27)6-8-22/h3-12,17H,13-16H2,1-2H3,(H,28,32). The van der Waals surface area contributed by atoms with E-state index in [1.807, 2.05) is 37.3 Å². The number of hydrogen-bond acceptors (Lipinski definition) is 5. The van der Waals surface area contributed by atoms with Crippen LogP contribution in [0.5, 0.6) is 5.75 Å². The molecule has 0 unspecified atom stereocenters. The molecule has 170 valence electrons. The summed E-state index contributed by atoms with van der Waals surface area (Å²) in [6.07, 6.45) is 0. The van der Waals surface area contributed by atoms with Gasteiger partial charge in [0.05, 0.1) is 0 Å². The monoisotopic (exact) mass is 447 g/mol. The number of anilines is 3. The van der Waals surface area contributed by atoms with Crippen LogP contribution >= 0.6 is 0 Å². The topological polar surface area (TPSA) is 61.9 Å². The quantitative estimate of drug-likeness (QED) is 0.456. The molecule has 1 aliphatic rings. The highest BCUT2D eigenvalue weighted by Crippen LogP contribution is 2.26. The third kappa shape index (κ3) is 5.49. The third-order valence-electron chi connectivity index (χ3n) is 5.65. The fraction of sp³-hybridized carbons (Fsp3) is 0.231. The van der Waals surface area contributed by atoms with Crippen molar-refractivity contribution in [3.05, 3.63) is 83.7 Å². The molecule has 0 atom stereocenters. The van der Waals surface area contributed by atoms with E-state index in [4.69, 9.17) is 4.74 Å². The van der Waals surface area contributed by atoms with E-state index in [2.05, 4.69) is 15.1 Å². The van der Waals surface area contributed by atoms with Gasteiger partial charge in [0.1, 0.15) is 11.6 Å². The van der Waals surface area contributed by atoms with E-state index in [1.165, 1.54) is 31.2 Å². The van der Waals surface area contributed by atoms with Crippen LogP contribution in [0.1, 0.15) is 22.8 Å². The van der Waals surface area contributed by atoms with Crippen LogP contribution in [-0.2, 0) is 4.79 Å². The highest BCUT2D eigenvalue weighted by molar-refractivity contribution is 6.04. The Hall–Kier alpha value is -3.87. The zero-order valence-electron chi connectivity index (χ0n) is 18.7. The number of aryl methyl sites for hydroxylation is 1. The Bertz CT molecular complexity index is 1140. The first-order valence-corrected chi connectivity index (χ1v) is 10.8. The van der Waals surface area contributed by atoms with Gasteiger partial charge in [-0.05, 0) is 79.2 Å². The van der Waals surface area contributed by atoms with Gasteiger partial charge in [-0.3, -0.25) is 9.59 Å².